The first-order chi connectivity index (χ1) is 6.10. The molecule has 0 heterocycles. The number of carbonyl (C=O) groups is 1. The Labute approximate surface area is 80.2 Å². The highest BCUT2D eigenvalue weighted by Gasteiger charge is 2.28. The van der Waals surface area contributed by atoms with E-state index < -0.39 is 0 Å². The molecule has 1 unspecified atom stereocenters. The van der Waals surface area contributed by atoms with Gasteiger partial charge in [0.25, 0.3) is 0 Å². The molecule has 74 valence electrons. The lowest BCUT2D eigenvalue weighted by molar-refractivity contribution is -0.110. The van der Waals surface area contributed by atoms with Crippen LogP contribution in [-0.4, -0.2) is 12.8 Å². The lowest BCUT2D eigenvalue weighted by Gasteiger charge is -2.33. The summed E-state index contributed by atoms with van der Waals surface area (Å²) in [5.74, 6) is 0.134. The van der Waals surface area contributed by atoms with Gasteiger partial charge in [-0.15, -0.1) is 0 Å². The van der Waals surface area contributed by atoms with Crippen molar-refractivity contribution in [1.29, 1.82) is 0 Å². The van der Waals surface area contributed by atoms with Crippen LogP contribution in [0.2, 0.25) is 0 Å². The van der Waals surface area contributed by atoms with E-state index >= 15 is 0 Å². The lowest BCUT2D eigenvalue weighted by Crippen LogP contribution is -2.24. The average molecular weight is 181 g/mol. The minimum atomic E-state index is 0.134. The molecule has 0 aromatic heterocycles. The van der Waals surface area contributed by atoms with E-state index in [9.17, 15) is 4.79 Å². The molecule has 0 amide bonds. The highest BCUT2D eigenvalue weighted by atomic mass is 16.1. The van der Waals surface area contributed by atoms with Crippen LogP contribution in [0.15, 0.2) is 11.6 Å². The predicted octanol–water partition coefficient (Wildman–Crippen LogP) is 1.90. The van der Waals surface area contributed by atoms with Gasteiger partial charge in [0.1, 0.15) is 6.29 Å². The SMILES string of the molecule is CC1(C)CCC(C=O)C=C1CCN. The third-order valence-corrected chi connectivity index (χ3v) is 2.98. The van der Waals surface area contributed by atoms with Gasteiger partial charge in [-0.3, -0.25) is 0 Å². The van der Waals surface area contributed by atoms with Crippen molar-refractivity contribution in [3.8, 4) is 0 Å². The Hall–Kier alpha value is -0.630. The Kier molecular flexibility index (Phi) is 3.26. The van der Waals surface area contributed by atoms with E-state index in [1.807, 2.05) is 0 Å². The summed E-state index contributed by atoms with van der Waals surface area (Å²) in [5, 5.41) is 0. The minimum Gasteiger partial charge on any atom is -0.330 e. The van der Waals surface area contributed by atoms with Crippen molar-refractivity contribution in [1.82, 2.24) is 0 Å². The summed E-state index contributed by atoms with van der Waals surface area (Å²) in [6.45, 7) is 5.14. The summed E-state index contributed by atoms with van der Waals surface area (Å²) in [6, 6.07) is 0. The van der Waals surface area contributed by atoms with Crippen LogP contribution in [0.25, 0.3) is 0 Å². The van der Waals surface area contributed by atoms with Gasteiger partial charge in [-0.25, -0.2) is 0 Å². The second kappa shape index (κ2) is 4.05. The molecule has 0 aromatic carbocycles. The summed E-state index contributed by atoms with van der Waals surface area (Å²) in [7, 11) is 0. The van der Waals surface area contributed by atoms with Gasteiger partial charge in [0.15, 0.2) is 0 Å². The molecular weight excluding hydrogens is 162 g/mol. The summed E-state index contributed by atoms with van der Waals surface area (Å²) in [6.07, 6.45) is 6.18. The number of hydrogen-bond donors (Lipinski definition) is 1. The number of aldehydes is 1. The Bertz CT molecular complexity index is 218. The van der Waals surface area contributed by atoms with E-state index in [1.54, 1.807) is 0 Å². The van der Waals surface area contributed by atoms with E-state index in [0.29, 0.717) is 6.54 Å². The van der Waals surface area contributed by atoms with Crippen molar-refractivity contribution < 1.29 is 4.79 Å². The summed E-state index contributed by atoms with van der Waals surface area (Å²) >= 11 is 0. The third-order valence-electron chi connectivity index (χ3n) is 2.98. The molecule has 0 radical (unpaired) electrons. The zero-order valence-corrected chi connectivity index (χ0v) is 8.55. The number of carbonyl (C=O) groups excluding carboxylic acids is 1. The van der Waals surface area contributed by atoms with Gasteiger partial charge in [-0.1, -0.05) is 25.5 Å². The van der Waals surface area contributed by atoms with E-state index in [2.05, 4.69) is 19.9 Å². The van der Waals surface area contributed by atoms with E-state index in [1.165, 1.54) is 5.57 Å². The van der Waals surface area contributed by atoms with Crippen LogP contribution in [0.4, 0.5) is 0 Å². The first kappa shape index (κ1) is 10.5. The van der Waals surface area contributed by atoms with Crippen LogP contribution in [-0.2, 0) is 4.79 Å². The standard InChI is InChI=1S/C11H19NO/c1-11(2)5-3-9(8-13)7-10(11)4-6-12/h7-9H,3-6,12H2,1-2H3. The van der Waals surface area contributed by atoms with E-state index in [0.717, 1.165) is 25.5 Å². The topological polar surface area (TPSA) is 43.1 Å². The fraction of sp³-hybridized carbons (Fsp3) is 0.727. The molecule has 1 rings (SSSR count). The molecule has 0 bridgehead atoms. The van der Waals surface area contributed by atoms with Crippen LogP contribution >= 0.6 is 0 Å². The van der Waals surface area contributed by atoms with Crippen molar-refractivity contribution in [3.63, 3.8) is 0 Å². The minimum absolute atomic E-state index is 0.134. The molecule has 0 aliphatic heterocycles. The third kappa shape index (κ3) is 2.41. The van der Waals surface area contributed by atoms with Gasteiger partial charge in [0.05, 0.1) is 0 Å². The van der Waals surface area contributed by atoms with Crippen molar-refractivity contribution in [3.05, 3.63) is 11.6 Å². The molecule has 0 spiro atoms. The van der Waals surface area contributed by atoms with Crippen LogP contribution in [0.1, 0.15) is 33.1 Å². The number of allylic oxidation sites excluding steroid dienone is 1. The highest BCUT2D eigenvalue weighted by Crippen LogP contribution is 2.39. The Morgan fingerprint density at radius 3 is 2.92 bits per heavy atom. The Morgan fingerprint density at radius 2 is 2.38 bits per heavy atom. The number of nitrogens with two attached hydrogens (primary N) is 1. The maximum Gasteiger partial charge on any atom is 0.126 e. The molecule has 13 heavy (non-hydrogen) atoms. The van der Waals surface area contributed by atoms with E-state index in [4.69, 9.17) is 5.73 Å². The zero-order valence-electron chi connectivity index (χ0n) is 8.55. The van der Waals surface area contributed by atoms with Crippen LogP contribution in [0, 0.1) is 11.3 Å². The largest absolute Gasteiger partial charge is 0.330 e. The number of rotatable bonds is 3. The quantitative estimate of drug-likeness (QED) is 0.533. The van der Waals surface area contributed by atoms with Crippen molar-refractivity contribution in [2.24, 2.45) is 17.1 Å². The molecule has 0 saturated heterocycles. The molecule has 0 fully saturated rings. The lowest BCUT2D eigenvalue weighted by atomic mass is 9.72. The molecule has 1 aliphatic rings. The first-order valence-electron chi connectivity index (χ1n) is 4.96. The summed E-state index contributed by atoms with van der Waals surface area (Å²) in [4.78, 5) is 10.6. The normalized spacial score (nSPS) is 26.7. The maximum atomic E-state index is 10.6. The molecule has 1 aliphatic carbocycles. The van der Waals surface area contributed by atoms with Crippen molar-refractivity contribution >= 4 is 6.29 Å². The predicted molar refractivity (Wildman–Crippen MR) is 54.3 cm³/mol. The molecule has 2 nitrogen and oxygen atoms in total. The molecular formula is C11H19NO. The van der Waals surface area contributed by atoms with Gasteiger partial charge in [-0.05, 0) is 31.2 Å². The van der Waals surface area contributed by atoms with Crippen LogP contribution in [0.5, 0.6) is 0 Å². The fourth-order valence-corrected chi connectivity index (χ4v) is 1.94. The molecule has 1 atom stereocenters. The van der Waals surface area contributed by atoms with Crippen molar-refractivity contribution in [2.75, 3.05) is 6.54 Å². The first-order valence-corrected chi connectivity index (χ1v) is 4.96. The molecule has 0 aromatic rings. The van der Waals surface area contributed by atoms with Gasteiger partial charge < -0.3 is 10.5 Å². The second-order valence-corrected chi connectivity index (χ2v) is 4.45. The summed E-state index contributed by atoms with van der Waals surface area (Å²) < 4.78 is 0. The van der Waals surface area contributed by atoms with Crippen molar-refractivity contribution in [2.45, 2.75) is 33.1 Å². The molecule has 2 N–H and O–H groups in total. The highest BCUT2D eigenvalue weighted by molar-refractivity contribution is 5.57. The van der Waals surface area contributed by atoms with Gasteiger partial charge in [0.2, 0.25) is 0 Å². The fourth-order valence-electron chi connectivity index (χ4n) is 1.94. The monoisotopic (exact) mass is 181 g/mol. The summed E-state index contributed by atoms with van der Waals surface area (Å²) in [5.41, 5.74) is 7.15. The average Bonchev–Trinajstić information content (AvgIpc) is 2.09. The van der Waals surface area contributed by atoms with E-state index in [-0.39, 0.29) is 11.3 Å². The molecule has 0 saturated carbocycles. The van der Waals surface area contributed by atoms with Gasteiger partial charge in [-0.2, -0.15) is 0 Å². The zero-order chi connectivity index (χ0) is 9.90. The maximum absolute atomic E-state index is 10.6. The molecule has 2 heteroatoms. The van der Waals surface area contributed by atoms with Gasteiger partial charge >= 0.3 is 0 Å². The smallest absolute Gasteiger partial charge is 0.126 e. The van der Waals surface area contributed by atoms with Gasteiger partial charge in [0, 0.05) is 5.92 Å². The second-order valence-electron chi connectivity index (χ2n) is 4.45. The Morgan fingerprint density at radius 1 is 1.69 bits per heavy atom. The van der Waals surface area contributed by atoms with Crippen LogP contribution < -0.4 is 5.73 Å². The Balaban J connectivity index is 2.80. The van der Waals surface area contributed by atoms with Crippen LogP contribution in [0.3, 0.4) is 0 Å². The number of hydrogen-bond acceptors (Lipinski definition) is 2.